The summed E-state index contributed by atoms with van der Waals surface area (Å²) in [6.45, 7) is 0. The Morgan fingerprint density at radius 3 is 2.69 bits per heavy atom. The predicted octanol–water partition coefficient (Wildman–Crippen LogP) is 1.40. The normalized spacial score (nSPS) is 10.8. The molecule has 2 heterocycles. The molecule has 0 unspecified atom stereocenters. The highest BCUT2D eigenvalue weighted by molar-refractivity contribution is 5.87. The maximum Gasteiger partial charge on any atom is 0.187 e. The maximum atomic E-state index is 5.79. The lowest BCUT2D eigenvalue weighted by atomic mass is 10.3. The molecule has 3 rings (SSSR count). The van der Waals surface area contributed by atoms with E-state index in [1.165, 1.54) is 6.20 Å². The third-order valence-electron chi connectivity index (χ3n) is 2.40. The Labute approximate surface area is 91.5 Å². The first-order valence-corrected chi connectivity index (χ1v) is 4.86. The van der Waals surface area contributed by atoms with Crippen molar-refractivity contribution in [1.82, 2.24) is 20.0 Å². The van der Waals surface area contributed by atoms with Crippen LogP contribution in [0, 0.1) is 0 Å². The van der Waals surface area contributed by atoms with E-state index in [-0.39, 0.29) is 0 Å². The third-order valence-corrected chi connectivity index (χ3v) is 2.40. The minimum atomic E-state index is 0.590. The van der Waals surface area contributed by atoms with Gasteiger partial charge in [0.05, 0.1) is 29.2 Å². The zero-order valence-electron chi connectivity index (χ0n) is 8.41. The molecular formula is C11H9N5. The van der Waals surface area contributed by atoms with E-state index in [1.54, 1.807) is 10.9 Å². The van der Waals surface area contributed by atoms with Gasteiger partial charge in [-0.25, -0.2) is 4.68 Å². The summed E-state index contributed by atoms with van der Waals surface area (Å²) in [4.78, 5) is 0. The summed E-state index contributed by atoms with van der Waals surface area (Å²) in [5.41, 5.74) is 8.00. The second-order valence-corrected chi connectivity index (χ2v) is 3.43. The van der Waals surface area contributed by atoms with Crippen LogP contribution in [-0.4, -0.2) is 20.0 Å². The minimum absolute atomic E-state index is 0.590. The first-order valence-electron chi connectivity index (χ1n) is 4.86. The molecule has 0 saturated heterocycles. The number of hydrogen-bond donors (Lipinski definition) is 1. The summed E-state index contributed by atoms with van der Waals surface area (Å²) in [5, 5.41) is 13.0. The van der Waals surface area contributed by atoms with Gasteiger partial charge in [0.2, 0.25) is 0 Å². The lowest BCUT2D eigenvalue weighted by Crippen LogP contribution is -1.98. The Morgan fingerprint density at radius 2 is 1.88 bits per heavy atom. The van der Waals surface area contributed by atoms with Crippen LogP contribution in [0.15, 0.2) is 42.7 Å². The molecule has 0 amide bonds. The molecule has 0 fully saturated rings. The summed E-state index contributed by atoms with van der Waals surface area (Å²) in [6, 6.07) is 9.76. The van der Waals surface area contributed by atoms with Crippen molar-refractivity contribution < 1.29 is 0 Å². The number of aromatic nitrogens is 4. The van der Waals surface area contributed by atoms with Crippen molar-refractivity contribution in [3.63, 3.8) is 0 Å². The van der Waals surface area contributed by atoms with Gasteiger partial charge in [0.25, 0.3) is 0 Å². The van der Waals surface area contributed by atoms with Gasteiger partial charge in [0.1, 0.15) is 0 Å². The Bertz CT molecular complexity index is 629. The van der Waals surface area contributed by atoms with E-state index in [9.17, 15) is 0 Å². The fourth-order valence-electron chi connectivity index (χ4n) is 1.62. The van der Waals surface area contributed by atoms with E-state index in [0.29, 0.717) is 11.3 Å². The van der Waals surface area contributed by atoms with Gasteiger partial charge in [0, 0.05) is 0 Å². The lowest BCUT2D eigenvalue weighted by Gasteiger charge is -2.01. The zero-order chi connectivity index (χ0) is 11.0. The van der Waals surface area contributed by atoms with Crippen molar-refractivity contribution in [3.05, 3.63) is 42.7 Å². The van der Waals surface area contributed by atoms with Crippen LogP contribution in [0.1, 0.15) is 0 Å². The predicted molar refractivity (Wildman–Crippen MR) is 61.1 cm³/mol. The van der Waals surface area contributed by atoms with Crippen molar-refractivity contribution in [1.29, 1.82) is 0 Å². The van der Waals surface area contributed by atoms with Crippen molar-refractivity contribution in [2.24, 2.45) is 0 Å². The van der Waals surface area contributed by atoms with Gasteiger partial charge in [0.15, 0.2) is 5.65 Å². The van der Waals surface area contributed by atoms with Gasteiger partial charge in [-0.15, -0.1) is 5.10 Å². The molecule has 0 aliphatic heterocycles. The summed E-state index contributed by atoms with van der Waals surface area (Å²) < 4.78 is 1.72. The molecule has 2 N–H and O–H groups in total. The highest BCUT2D eigenvalue weighted by Gasteiger charge is 2.08. The molecule has 5 heteroatoms. The summed E-state index contributed by atoms with van der Waals surface area (Å²) in [5.74, 6) is 0. The molecule has 0 saturated carbocycles. The van der Waals surface area contributed by atoms with Crippen LogP contribution in [0.5, 0.6) is 0 Å². The molecule has 0 atom stereocenters. The molecule has 0 bridgehead atoms. The monoisotopic (exact) mass is 211 g/mol. The third kappa shape index (κ3) is 1.22. The molecule has 0 aliphatic carbocycles. The number of nitrogens with zero attached hydrogens (tertiary/aromatic N) is 4. The molecule has 3 aromatic rings. The summed E-state index contributed by atoms with van der Waals surface area (Å²) in [7, 11) is 0. The fourth-order valence-corrected chi connectivity index (χ4v) is 1.62. The Hall–Kier alpha value is -2.43. The molecule has 1 aromatic carbocycles. The number of nitrogen functional groups attached to an aromatic ring is 1. The van der Waals surface area contributed by atoms with Gasteiger partial charge in [-0.05, 0) is 12.1 Å². The highest BCUT2D eigenvalue weighted by Crippen LogP contribution is 2.19. The second kappa shape index (κ2) is 3.30. The number of rotatable bonds is 1. The zero-order valence-corrected chi connectivity index (χ0v) is 8.41. The number of hydrogen-bond acceptors (Lipinski definition) is 4. The van der Waals surface area contributed by atoms with Crippen LogP contribution >= 0.6 is 0 Å². The van der Waals surface area contributed by atoms with Gasteiger partial charge in [-0.1, -0.05) is 18.2 Å². The first kappa shape index (κ1) is 8.84. The van der Waals surface area contributed by atoms with Gasteiger partial charge in [-0.2, -0.15) is 10.2 Å². The fraction of sp³-hybridized carbons (Fsp3) is 0. The van der Waals surface area contributed by atoms with Crippen molar-refractivity contribution in [2.45, 2.75) is 0 Å². The Morgan fingerprint density at radius 1 is 1.06 bits per heavy atom. The number of fused-ring (bicyclic) bond motifs is 1. The average Bonchev–Trinajstić information content (AvgIpc) is 2.75. The topological polar surface area (TPSA) is 69.6 Å². The number of anilines is 1. The molecule has 5 nitrogen and oxygen atoms in total. The van der Waals surface area contributed by atoms with Gasteiger partial charge in [-0.3, -0.25) is 0 Å². The van der Waals surface area contributed by atoms with Crippen LogP contribution in [0.3, 0.4) is 0 Å². The summed E-state index contributed by atoms with van der Waals surface area (Å²) >= 11 is 0. The smallest absolute Gasteiger partial charge is 0.187 e. The van der Waals surface area contributed by atoms with E-state index >= 15 is 0 Å². The van der Waals surface area contributed by atoms with Crippen LogP contribution < -0.4 is 5.73 Å². The molecule has 0 aliphatic rings. The van der Waals surface area contributed by atoms with Crippen molar-refractivity contribution in [3.8, 4) is 5.69 Å². The molecule has 78 valence electrons. The Balaban J connectivity index is 2.30. The standard InChI is InChI=1S/C11H9N5/c12-10-7-13-15-11-9(10)6-14-16(11)8-4-2-1-3-5-8/h1-7H,(H2,12,15). The van der Waals surface area contributed by atoms with E-state index in [2.05, 4.69) is 15.3 Å². The number of nitrogens with two attached hydrogens (primary N) is 1. The van der Waals surface area contributed by atoms with E-state index in [1.807, 2.05) is 30.3 Å². The van der Waals surface area contributed by atoms with Gasteiger partial charge < -0.3 is 5.73 Å². The van der Waals surface area contributed by atoms with Crippen LogP contribution in [0.2, 0.25) is 0 Å². The number of benzene rings is 1. The van der Waals surface area contributed by atoms with Crippen molar-refractivity contribution in [2.75, 3.05) is 5.73 Å². The molecular weight excluding hydrogens is 202 g/mol. The average molecular weight is 211 g/mol. The maximum absolute atomic E-state index is 5.79. The quantitative estimate of drug-likeness (QED) is 0.660. The van der Waals surface area contributed by atoms with Crippen LogP contribution in [0.4, 0.5) is 5.69 Å². The van der Waals surface area contributed by atoms with E-state index in [0.717, 1.165) is 11.1 Å². The SMILES string of the molecule is Nc1cnnc2c1cnn2-c1ccccc1. The van der Waals surface area contributed by atoms with Gasteiger partial charge >= 0.3 is 0 Å². The van der Waals surface area contributed by atoms with E-state index < -0.39 is 0 Å². The summed E-state index contributed by atoms with van der Waals surface area (Å²) in [6.07, 6.45) is 3.23. The number of para-hydroxylation sites is 1. The van der Waals surface area contributed by atoms with Crippen LogP contribution in [-0.2, 0) is 0 Å². The molecule has 2 aromatic heterocycles. The first-order chi connectivity index (χ1) is 7.86. The molecule has 16 heavy (non-hydrogen) atoms. The minimum Gasteiger partial charge on any atom is -0.397 e. The molecule has 0 spiro atoms. The lowest BCUT2D eigenvalue weighted by molar-refractivity contribution is 0.880. The Kier molecular flexibility index (Phi) is 1.83. The second-order valence-electron chi connectivity index (χ2n) is 3.43. The molecule has 0 radical (unpaired) electrons. The van der Waals surface area contributed by atoms with Crippen molar-refractivity contribution >= 4 is 16.7 Å². The largest absolute Gasteiger partial charge is 0.397 e. The highest BCUT2D eigenvalue weighted by atomic mass is 15.3. The van der Waals surface area contributed by atoms with E-state index in [4.69, 9.17) is 5.73 Å². The van der Waals surface area contributed by atoms with Crippen LogP contribution in [0.25, 0.3) is 16.7 Å².